The highest BCUT2D eigenvalue weighted by Crippen LogP contribution is 2.32. The maximum absolute atomic E-state index is 5.34. The topological polar surface area (TPSA) is 21.3 Å². The molecule has 0 amide bonds. The maximum Gasteiger partial charge on any atom is 0.122 e. The van der Waals surface area contributed by atoms with Crippen LogP contribution in [-0.4, -0.2) is 13.7 Å². The molecule has 1 fully saturated rings. The zero-order valence-corrected chi connectivity index (χ0v) is 10.6. The fraction of sp³-hybridized carbons (Fsp3) is 0.571. The van der Waals surface area contributed by atoms with Crippen molar-refractivity contribution < 1.29 is 4.74 Å². The lowest BCUT2D eigenvalue weighted by Gasteiger charge is -2.16. The quantitative estimate of drug-likeness (QED) is 0.825. The molecule has 1 heterocycles. The Labute approximate surface area is 98.0 Å². The fourth-order valence-corrected chi connectivity index (χ4v) is 2.56. The third-order valence-electron chi connectivity index (χ3n) is 3.51. The average molecular weight is 219 g/mol. The van der Waals surface area contributed by atoms with Crippen molar-refractivity contribution in [3.63, 3.8) is 0 Å². The summed E-state index contributed by atoms with van der Waals surface area (Å²) in [6.07, 6.45) is 1.24. The SMILES string of the molecule is COc1cc(C)c([C@@H]2C[C@@H](C)CN2)cc1C. The van der Waals surface area contributed by atoms with Gasteiger partial charge in [-0.25, -0.2) is 0 Å². The standard InChI is InChI=1S/C14H21NO/c1-9-5-13(15-8-9)12-6-11(3)14(16-4)7-10(12)2/h6-7,9,13,15H,5,8H2,1-4H3/t9-,13+/m1/s1. The predicted molar refractivity (Wildman–Crippen MR) is 67.0 cm³/mol. The molecule has 1 aliphatic rings. The monoisotopic (exact) mass is 219 g/mol. The second kappa shape index (κ2) is 4.46. The highest BCUT2D eigenvalue weighted by atomic mass is 16.5. The van der Waals surface area contributed by atoms with Crippen LogP contribution in [0.5, 0.6) is 5.75 Å². The van der Waals surface area contributed by atoms with E-state index >= 15 is 0 Å². The molecule has 16 heavy (non-hydrogen) atoms. The Hall–Kier alpha value is -1.02. The van der Waals surface area contributed by atoms with Crippen molar-refractivity contribution in [2.24, 2.45) is 5.92 Å². The number of hydrogen-bond donors (Lipinski definition) is 1. The van der Waals surface area contributed by atoms with Crippen molar-refractivity contribution in [3.8, 4) is 5.75 Å². The zero-order valence-electron chi connectivity index (χ0n) is 10.6. The molecule has 0 bridgehead atoms. The highest BCUT2D eigenvalue weighted by molar-refractivity contribution is 5.43. The van der Waals surface area contributed by atoms with E-state index in [9.17, 15) is 0 Å². The molecular formula is C14H21NO. The summed E-state index contributed by atoms with van der Waals surface area (Å²) in [5, 5.41) is 3.59. The van der Waals surface area contributed by atoms with Gasteiger partial charge in [0.05, 0.1) is 7.11 Å². The van der Waals surface area contributed by atoms with Gasteiger partial charge in [-0.05, 0) is 55.5 Å². The Morgan fingerprint density at radius 2 is 2.00 bits per heavy atom. The summed E-state index contributed by atoms with van der Waals surface area (Å²) in [7, 11) is 1.73. The predicted octanol–water partition coefficient (Wildman–Crippen LogP) is 2.98. The number of methoxy groups -OCH3 is 1. The summed E-state index contributed by atoms with van der Waals surface area (Å²) in [4.78, 5) is 0. The van der Waals surface area contributed by atoms with Crippen molar-refractivity contribution >= 4 is 0 Å². The molecule has 2 heteroatoms. The van der Waals surface area contributed by atoms with Crippen LogP contribution in [0.1, 0.15) is 36.1 Å². The smallest absolute Gasteiger partial charge is 0.122 e. The van der Waals surface area contributed by atoms with Crippen LogP contribution >= 0.6 is 0 Å². The van der Waals surface area contributed by atoms with E-state index in [-0.39, 0.29) is 0 Å². The molecule has 1 aromatic carbocycles. The molecule has 1 N–H and O–H groups in total. The Balaban J connectivity index is 2.31. The van der Waals surface area contributed by atoms with Crippen LogP contribution < -0.4 is 10.1 Å². The first-order chi connectivity index (χ1) is 7.61. The third-order valence-corrected chi connectivity index (χ3v) is 3.51. The van der Waals surface area contributed by atoms with E-state index in [1.165, 1.54) is 23.1 Å². The number of rotatable bonds is 2. The fourth-order valence-electron chi connectivity index (χ4n) is 2.56. The minimum absolute atomic E-state index is 0.527. The van der Waals surface area contributed by atoms with Crippen molar-refractivity contribution in [3.05, 3.63) is 28.8 Å². The molecule has 1 aliphatic heterocycles. The van der Waals surface area contributed by atoms with Crippen molar-refractivity contribution in [2.75, 3.05) is 13.7 Å². The van der Waals surface area contributed by atoms with Gasteiger partial charge in [0.2, 0.25) is 0 Å². The Morgan fingerprint density at radius 1 is 1.25 bits per heavy atom. The minimum atomic E-state index is 0.527. The summed E-state index contributed by atoms with van der Waals surface area (Å²) in [5.74, 6) is 1.78. The lowest BCUT2D eigenvalue weighted by Crippen LogP contribution is -2.14. The van der Waals surface area contributed by atoms with Crippen LogP contribution in [0.15, 0.2) is 12.1 Å². The number of nitrogens with one attached hydrogen (secondary N) is 1. The van der Waals surface area contributed by atoms with Gasteiger partial charge in [-0.1, -0.05) is 13.0 Å². The average Bonchev–Trinajstić information content (AvgIpc) is 2.67. The van der Waals surface area contributed by atoms with Crippen LogP contribution in [0, 0.1) is 19.8 Å². The second-order valence-electron chi connectivity index (χ2n) is 4.98. The van der Waals surface area contributed by atoms with E-state index in [2.05, 4.69) is 38.2 Å². The molecule has 1 aromatic rings. The summed E-state index contributed by atoms with van der Waals surface area (Å²) in [6, 6.07) is 4.94. The molecule has 1 saturated heterocycles. The molecule has 0 saturated carbocycles. The first-order valence-electron chi connectivity index (χ1n) is 6.00. The van der Waals surface area contributed by atoms with E-state index < -0.39 is 0 Å². The summed E-state index contributed by atoms with van der Waals surface area (Å²) in [6.45, 7) is 7.72. The van der Waals surface area contributed by atoms with Crippen LogP contribution in [0.25, 0.3) is 0 Å². The first kappa shape index (κ1) is 11.5. The summed E-state index contributed by atoms with van der Waals surface area (Å²) >= 11 is 0. The molecule has 88 valence electrons. The van der Waals surface area contributed by atoms with Crippen LogP contribution in [-0.2, 0) is 0 Å². The molecule has 0 aliphatic carbocycles. The van der Waals surface area contributed by atoms with Crippen molar-refractivity contribution in [1.82, 2.24) is 5.32 Å². The van der Waals surface area contributed by atoms with E-state index in [0.717, 1.165) is 18.2 Å². The largest absolute Gasteiger partial charge is 0.496 e. The van der Waals surface area contributed by atoms with E-state index in [4.69, 9.17) is 4.74 Å². The molecular weight excluding hydrogens is 198 g/mol. The van der Waals surface area contributed by atoms with E-state index in [0.29, 0.717) is 6.04 Å². The van der Waals surface area contributed by atoms with Crippen LogP contribution in [0.4, 0.5) is 0 Å². The molecule has 0 spiro atoms. The zero-order chi connectivity index (χ0) is 11.7. The Kier molecular flexibility index (Phi) is 3.20. The Morgan fingerprint density at radius 3 is 2.56 bits per heavy atom. The second-order valence-corrected chi connectivity index (χ2v) is 4.98. The van der Waals surface area contributed by atoms with Gasteiger partial charge in [0.1, 0.15) is 5.75 Å². The van der Waals surface area contributed by atoms with Crippen LogP contribution in [0.2, 0.25) is 0 Å². The van der Waals surface area contributed by atoms with Gasteiger partial charge in [0.15, 0.2) is 0 Å². The van der Waals surface area contributed by atoms with Crippen molar-refractivity contribution in [1.29, 1.82) is 0 Å². The number of ether oxygens (including phenoxy) is 1. The molecule has 0 unspecified atom stereocenters. The summed E-state index contributed by atoms with van der Waals surface area (Å²) in [5.41, 5.74) is 3.99. The first-order valence-corrected chi connectivity index (χ1v) is 6.00. The number of benzene rings is 1. The number of hydrogen-bond acceptors (Lipinski definition) is 2. The van der Waals surface area contributed by atoms with Gasteiger partial charge < -0.3 is 10.1 Å². The van der Waals surface area contributed by atoms with Crippen LogP contribution in [0.3, 0.4) is 0 Å². The van der Waals surface area contributed by atoms with Gasteiger partial charge >= 0.3 is 0 Å². The lowest BCUT2D eigenvalue weighted by atomic mass is 9.95. The van der Waals surface area contributed by atoms with Gasteiger partial charge in [-0.2, -0.15) is 0 Å². The highest BCUT2D eigenvalue weighted by Gasteiger charge is 2.23. The molecule has 0 aromatic heterocycles. The lowest BCUT2D eigenvalue weighted by molar-refractivity contribution is 0.411. The molecule has 2 rings (SSSR count). The van der Waals surface area contributed by atoms with E-state index in [1.54, 1.807) is 7.11 Å². The maximum atomic E-state index is 5.34. The van der Waals surface area contributed by atoms with Gasteiger partial charge in [-0.3, -0.25) is 0 Å². The number of aryl methyl sites for hydroxylation is 2. The molecule has 2 atom stereocenters. The van der Waals surface area contributed by atoms with Gasteiger partial charge in [0.25, 0.3) is 0 Å². The third kappa shape index (κ3) is 2.07. The minimum Gasteiger partial charge on any atom is -0.496 e. The molecule has 0 radical (unpaired) electrons. The van der Waals surface area contributed by atoms with Gasteiger partial charge in [-0.15, -0.1) is 0 Å². The van der Waals surface area contributed by atoms with E-state index in [1.807, 2.05) is 0 Å². The van der Waals surface area contributed by atoms with Crippen molar-refractivity contribution in [2.45, 2.75) is 33.2 Å². The molecule has 2 nitrogen and oxygen atoms in total. The normalized spacial score (nSPS) is 24.8. The summed E-state index contributed by atoms with van der Waals surface area (Å²) < 4.78 is 5.34. The van der Waals surface area contributed by atoms with Gasteiger partial charge in [0, 0.05) is 6.04 Å². The Bertz CT molecular complexity index is 387.